The topological polar surface area (TPSA) is 70.6 Å². The summed E-state index contributed by atoms with van der Waals surface area (Å²) in [5.41, 5.74) is 1.21. The molecule has 0 bridgehead atoms. The van der Waals surface area contributed by atoms with Crippen molar-refractivity contribution in [2.45, 2.75) is 6.10 Å². The predicted octanol–water partition coefficient (Wildman–Crippen LogP) is 3.20. The van der Waals surface area contributed by atoms with Crippen molar-refractivity contribution >= 4 is 23.3 Å². The maximum Gasteiger partial charge on any atom is 0.319 e. The molecule has 0 aliphatic carbocycles. The summed E-state index contributed by atoms with van der Waals surface area (Å²) in [4.78, 5) is 11.8. The Balaban J connectivity index is 1.86. The first-order valence-electron chi connectivity index (χ1n) is 6.71. The number of rotatable bonds is 5. The molecule has 2 aromatic carbocycles. The van der Waals surface area contributed by atoms with Crippen LogP contribution >= 0.6 is 11.6 Å². The third-order valence-corrected chi connectivity index (χ3v) is 3.41. The fourth-order valence-corrected chi connectivity index (χ4v) is 2.05. The molecule has 22 heavy (non-hydrogen) atoms. The average molecular weight is 321 g/mol. The summed E-state index contributed by atoms with van der Waals surface area (Å²) in [6.07, 6.45) is -0.803. The maximum absolute atomic E-state index is 11.8. The Kier molecular flexibility index (Phi) is 5.63. The predicted molar refractivity (Wildman–Crippen MR) is 86.4 cm³/mol. The van der Waals surface area contributed by atoms with Gasteiger partial charge < -0.3 is 20.5 Å². The van der Waals surface area contributed by atoms with E-state index < -0.39 is 12.1 Å². The van der Waals surface area contributed by atoms with Crippen LogP contribution in [0.4, 0.5) is 10.5 Å². The summed E-state index contributed by atoms with van der Waals surface area (Å²) in [5.74, 6) is 0.709. The highest BCUT2D eigenvalue weighted by atomic mass is 35.5. The zero-order chi connectivity index (χ0) is 15.9. The van der Waals surface area contributed by atoms with E-state index in [2.05, 4.69) is 10.6 Å². The van der Waals surface area contributed by atoms with Gasteiger partial charge in [0.1, 0.15) is 5.75 Å². The summed E-state index contributed by atoms with van der Waals surface area (Å²) < 4.78 is 5.05. The number of benzene rings is 2. The summed E-state index contributed by atoms with van der Waals surface area (Å²) in [6.45, 7) is 0.0859. The first kappa shape index (κ1) is 16.1. The Bertz CT molecular complexity index is 632. The van der Waals surface area contributed by atoms with E-state index in [0.717, 1.165) is 0 Å². The SMILES string of the molecule is COc1ccc(C(O)CNC(=O)Nc2ccccc2Cl)cc1. The number of carbonyl (C=O) groups excluding carboxylic acids is 1. The molecule has 2 rings (SSSR count). The number of anilines is 1. The van der Waals surface area contributed by atoms with Crippen LogP contribution in [0.15, 0.2) is 48.5 Å². The van der Waals surface area contributed by atoms with E-state index in [0.29, 0.717) is 22.0 Å². The highest BCUT2D eigenvalue weighted by Gasteiger charge is 2.10. The third kappa shape index (κ3) is 4.38. The van der Waals surface area contributed by atoms with Crippen LogP contribution in [0.2, 0.25) is 5.02 Å². The van der Waals surface area contributed by atoms with E-state index in [9.17, 15) is 9.90 Å². The minimum absolute atomic E-state index is 0.0859. The molecule has 0 aliphatic heterocycles. The number of methoxy groups -OCH3 is 1. The number of aliphatic hydroxyl groups is 1. The first-order valence-corrected chi connectivity index (χ1v) is 7.09. The van der Waals surface area contributed by atoms with Crippen LogP contribution in [0.1, 0.15) is 11.7 Å². The number of nitrogens with one attached hydrogen (secondary N) is 2. The largest absolute Gasteiger partial charge is 0.497 e. The molecule has 116 valence electrons. The Morgan fingerprint density at radius 2 is 1.91 bits per heavy atom. The number of hydrogen-bond donors (Lipinski definition) is 3. The van der Waals surface area contributed by atoms with Crippen LogP contribution in [-0.2, 0) is 0 Å². The zero-order valence-corrected chi connectivity index (χ0v) is 12.8. The summed E-state index contributed by atoms with van der Waals surface area (Å²) >= 11 is 5.95. The van der Waals surface area contributed by atoms with Gasteiger partial charge in [-0.2, -0.15) is 0 Å². The Morgan fingerprint density at radius 3 is 2.55 bits per heavy atom. The molecule has 5 nitrogen and oxygen atoms in total. The van der Waals surface area contributed by atoms with Crippen LogP contribution in [0.25, 0.3) is 0 Å². The van der Waals surface area contributed by atoms with E-state index in [1.165, 1.54) is 0 Å². The molecule has 0 spiro atoms. The molecule has 1 atom stereocenters. The number of ether oxygens (including phenoxy) is 1. The van der Waals surface area contributed by atoms with Crippen molar-refractivity contribution in [2.24, 2.45) is 0 Å². The molecule has 0 aliphatic rings. The van der Waals surface area contributed by atoms with Crippen LogP contribution in [0, 0.1) is 0 Å². The van der Waals surface area contributed by atoms with Crippen molar-refractivity contribution in [1.29, 1.82) is 0 Å². The van der Waals surface area contributed by atoms with E-state index in [1.54, 1.807) is 55.6 Å². The number of hydrogen-bond acceptors (Lipinski definition) is 3. The molecule has 3 N–H and O–H groups in total. The second-order valence-corrected chi connectivity index (χ2v) is 5.01. The fourth-order valence-electron chi connectivity index (χ4n) is 1.86. The summed E-state index contributed by atoms with van der Waals surface area (Å²) in [5, 5.41) is 15.7. The number of halogens is 1. The van der Waals surface area contributed by atoms with Gasteiger partial charge in [-0.3, -0.25) is 0 Å². The van der Waals surface area contributed by atoms with Gasteiger partial charge in [0.2, 0.25) is 0 Å². The zero-order valence-electron chi connectivity index (χ0n) is 12.0. The normalized spacial score (nSPS) is 11.6. The lowest BCUT2D eigenvalue weighted by Crippen LogP contribution is -2.32. The fraction of sp³-hybridized carbons (Fsp3) is 0.188. The minimum Gasteiger partial charge on any atom is -0.497 e. The van der Waals surface area contributed by atoms with Gasteiger partial charge in [-0.1, -0.05) is 35.9 Å². The van der Waals surface area contributed by atoms with Gasteiger partial charge in [-0.25, -0.2) is 4.79 Å². The van der Waals surface area contributed by atoms with Gasteiger partial charge in [-0.05, 0) is 29.8 Å². The van der Waals surface area contributed by atoms with E-state index >= 15 is 0 Å². The molecular weight excluding hydrogens is 304 g/mol. The molecule has 0 heterocycles. The van der Waals surface area contributed by atoms with E-state index in [-0.39, 0.29) is 6.54 Å². The maximum atomic E-state index is 11.8. The van der Waals surface area contributed by atoms with Gasteiger partial charge in [-0.15, -0.1) is 0 Å². The number of urea groups is 1. The lowest BCUT2D eigenvalue weighted by molar-refractivity contribution is 0.175. The van der Waals surface area contributed by atoms with Gasteiger partial charge in [0.15, 0.2) is 0 Å². The molecule has 0 fully saturated rings. The smallest absolute Gasteiger partial charge is 0.319 e. The molecule has 1 unspecified atom stereocenters. The van der Waals surface area contributed by atoms with Gasteiger partial charge in [0.05, 0.1) is 23.9 Å². The molecule has 0 aromatic heterocycles. The molecule has 0 saturated heterocycles. The summed E-state index contributed by atoms with van der Waals surface area (Å²) in [6, 6.07) is 13.5. The molecular formula is C16H17ClN2O3. The molecule has 2 amide bonds. The van der Waals surface area contributed by atoms with Gasteiger partial charge in [0, 0.05) is 6.54 Å². The first-order chi connectivity index (χ1) is 10.6. The average Bonchev–Trinajstić information content (AvgIpc) is 2.55. The van der Waals surface area contributed by atoms with E-state index in [1.807, 2.05) is 0 Å². The van der Waals surface area contributed by atoms with Crippen LogP contribution in [0.5, 0.6) is 5.75 Å². The van der Waals surface area contributed by atoms with Crippen molar-refractivity contribution in [3.63, 3.8) is 0 Å². The number of amides is 2. The monoisotopic (exact) mass is 320 g/mol. The highest BCUT2D eigenvalue weighted by Crippen LogP contribution is 2.20. The van der Waals surface area contributed by atoms with E-state index in [4.69, 9.17) is 16.3 Å². The van der Waals surface area contributed by atoms with Crippen molar-refractivity contribution in [3.05, 3.63) is 59.1 Å². The second-order valence-electron chi connectivity index (χ2n) is 4.60. The van der Waals surface area contributed by atoms with Crippen molar-refractivity contribution in [3.8, 4) is 5.75 Å². The standard InChI is InChI=1S/C16H17ClN2O3/c1-22-12-8-6-11(7-9-12)15(20)10-18-16(21)19-14-5-3-2-4-13(14)17/h2-9,15,20H,10H2,1H3,(H2,18,19,21). The third-order valence-electron chi connectivity index (χ3n) is 3.08. The van der Waals surface area contributed by atoms with Gasteiger partial charge >= 0.3 is 6.03 Å². The van der Waals surface area contributed by atoms with Crippen molar-refractivity contribution < 1.29 is 14.6 Å². The lowest BCUT2D eigenvalue weighted by Gasteiger charge is -2.14. The molecule has 0 radical (unpaired) electrons. The van der Waals surface area contributed by atoms with Crippen molar-refractivity contribution in [1.82, 2.24) is 5.32 Å². The van der Waals surface area contributed by atoms with Gasteiger partial charge in [0.25, 0.3) is 0 Å². The molecule has 6 heteroatoms. The van der Waals surface area contributed by atoms with Crippen LogP contribution < -0.4 is 15.4 Å². The van der Waals surface area contributed by atoms with Crippen molar-refractivity contribution in [2.75, 3.05) is 19.0 Å². The highest BCUT2D eigenvalue weighted by molar-refractivity contribution is 6.33. The second kappa shape index (κ2) is 7.68. The quantitative estimate of drug-likeness (QED) is 0.792. The lowest BCUT2D eigenvalue weighted by atomic mass is 10.1. The number of carbonyl (C=O) groups is 1. The Labute approximate surface area is 133 Å². The molecule has 2 aromatic rings. The Hall–Kier alpha value is -2.24. The van der Waals surface area contributed by atoms with Crippen LogP contribution in [-0.4, -0.2) is 24.8 Å². The molecule has 0 saturated carbocycles. The number of aliphatic hydroxyl groups excluding tert-OH is 1. The van der Waals surface area contributed by atoms with Crippen LogP contribution in [0.3, 0.4) is 0 Å². The number of para-hydroxylation sites is 1. The summed E-state index contributed by atoms with van der Waals surface area (Å²) in [7, 11) is 1.58. The Morgan fingerprint density at radius 1 is 1.23 bits per heavy atom. The minimum atomic E-state index is -0.803.